The van der Waals surface area contributed by atoms with E-state index in [2.05, 4.69) is 19.7 Å². The monoisotopic (exact) mass is 353 g/mol. The molecule has 4 aromatic rings. The molecule has 0 radical (unpaired) electrons. The number of aryl methyl sites for hydroxylation is 1. The van der Waals surface area contributed by atoms with Crippen molar-refractivity contribution in [1.82, 2.24) is 19.4 Å². The topological polar surface area (TPSA) is 92.1 Å². The number of anilines is 1. The molecule has 8 heteroatoms. The van der Waals surface area contributed by atoms with E-state index in [0.29, 0.717) is 5.69 Å². The lowest BCUT2D eigenvalue weighted by molar-refractivity contribution is 0.598. The second-order valence-corrected chi connectivity index (χ2v) is 7.30. The fourth-order valence-corrected chi connectivity index (χ4v) is 3.59. The van der Waals surface area contributed by atoms with Crippen molar-refractivity contribution in [3.05, 3.63) is 66.9 Å². The third kappa shape index (κ3) is 2.87. The maximum absolute atomic E-state index is 12.3. The number of nitrogens with one attached hydrogen (secondary N) is 2. The van der Waals surface area contributed by atoms with Crippen LogP contribution in [0.3, 0.4) is 0 Å². The van der Waals surface area contributed by atoms with Crippen molar-refractivity contribution in [2.75, 3.05) is 4.72 Å². The van der Waals surface area contributed by atoms with Gasteiger partial charge in [-0.15, -0.1) is 0 Å². The minimum Gasteiger partial charge on any atom is -0.334 e. The maximum Gasteiger partial charge on any atom is 0.278 e. The van der Waals surface area contributed by atoms with Gasteiger partial charge in [0, 0.05) is 23.6 Å². The molecule has 4 rings (SSSR count). The normalized spacial score (nSPS) is 11.7. The van der Waals surface area contributed by atoms with Crippen molar-refractivity contribution in [1.29, 1.82) is 0 Å². The number of sulfonamides is 1. The standard InChI is InChI=1S/C17H15N5O2S/c1-12-4-3-7-22-10-15(20-17(12)22)13-5-2-6-14(8-13)21-25(23,24)16-9-18-11-19-16/h2-11,21H,1H3,(H,18,19). The van der Waals surface area contributed by atoms with E-state index in [9.17, 15) is 8.42 Å². The molecule has 3 heterocycles. The van der Waals surface area contributed by atoms with Gasteiger partial charge < -0.3 is 9.38 Å². The van der Waals surface area contributed by atoms with Crippen molar-refractivity contribution in [3.63, 3.8) is 0 Å². The molecule has 0 unspecified atom stereocenters. The summed E-state index contributed by atoms with van der Waals surface area (Å²) in [5.41, 5.74) is 4.01. The first kappa shape index (κ1) is 15.4. The van der Waals surface area contributed by atoms with Crippen LogP contribution in [0.4, 0.5) is 5.69 Å². The second kappa shape index (κ2) is 5.75. The van der Waals surface area contributed by atoms with E-state index in [0.717, 1.165) is 22.5 Å². The summed E-state index contributed by atoms with van der Waals surface area (Å²) in [7, 11) is -3.69. The van der Waals surface area contributed by atoms with E-state index < -0.39 is 10.0 Å². The number of hydrogen-bond donors (Lipinski definition) is 2. The third-order valence-corrected chi connectivity index (χ3v) is 5.16. The molecule has 0 fully saturated rings. The van der Waals surface area contributed by atoms with Gasteiger partial charge in [0.25, 0.3) is 10.0 Å². The Balaban J connectivity index is 1.70. The van der Waals surface area contributed by atoms with Crippen LogP contribution >= 0.6 is 0 Å². The molecule has 25 heavy (non-hydrogen) atoms. The van der Waals surface area contributed by atoms with Crippen LogP contribution in [-0.2, 0) is 10.0 Å². The van der Waals surface area contributed by atoms with Crippen LogP contribution in [0.5, 0.6) is 0 Å². The minimum absolute atomic E-state index is 0.0151. The van der Waals surface area contributed by atoms with Crippen molar-refractivity contribution in [3.8, 4) is 11.3 Å². The van der Waals surface area contributed by atoms with E-state index in [1.54, 1.807) is 18.2 Å². The highest BCUT2D eigenvalue weighted by Gasteiger charge is 2.16. The van der Waals surface area contributed by atoms with E-state index in [1.807, 2.05) is 41.9 Å². The fraction of sp³-hybridized carbons (Fsp3) is 0.0588. The predicted octanol–water partition coefficient (Wildman–Crippen LogP) is 2.83. The fourth-order valence-electron chi connectivity index (χ4n) is 2.63. The number of imidazole rings is 2. The summed E-state index contributed by atoms with van der Waals surface area (Å²) in [6.07, 6.45) is 6.44. The molecular weight excluding hydrogens is 338 g/mol. The van der Waals surface area contributed by atoms with Crippen molar-refractivity contribution < 1.29 is 8.42 Å². The zero-order valence-electron chi connectivity index (χ0n) is 13.3. The van der Waals surface area contributed by atoms with Gasteiger partial charge in [0.15, 0.2) is 5.03 Å². The first-order valence-corrected chi connectivity index (χ1v) is 9.07. The number of hydrogen-bond acceptors (Lipinski definition) is 4. The molecular formula is C17H15N5O2S. The van der Waals surface area contributed by atoms with Crippen molar-refractivity contribution in [2.24, 2.45) is 0 Å². The summed E-state index contributed by atoms with van der Waals surface area (Å²) in [5.74, 6) is 0. The van der Waals surface area contributed by atoms with Gasteiger partial charge in [-0.2, -0.15) is 8.42 Å². The zero-order chi connectivity index (χ0) is 17.4. The molecule has 1 aromatic carbocycles. The third-order valence-electron chi connectivity index (χ3n) is 3.85. The van der Waals surface area contributed by atoms with Crippen molar-refractivity contribution in [2.45, 2.75) is 11.9 Å². The van der Waals surface area contributed by atoms with Crippen LogP contribution in [0, 0.1) is 6.92 Å². The molecule has 0 saturated carbocycles. The zero-order valence-corrected chi connectivity index (χ0v) is 14.2. The lowest BCUT2D eigenvalue weighted by Crippen LogP contribution is -2.13. The maximum atomic E-state index is 12.3. The van der Waals surface area contributed by atoms with E-state index in [-0.39, 0.29) is 5.03 Å². The summed E-state index contributed by atoms with van der Waals surface area (Å²) in [5, 5.41) is 0.0151. The molecule has 0 atom stereocenters. The van der Waals surface area contributed by atoms with E-state index in [4.69, 9.17) is 0 Å². The Morgan fingerprint density at radius 1 is 1.20 bits per heavy atom. The van der Waals surface area contributed by atoms with Crippen LogP contribution < -0.4 is 4.72 Å². The molecule has 3 aromatic heterocycles. The largest absolute Gasteiger partial charge is 0.334 e. The SMILES string of the molecule is Cc1cccn2cc(-c3cccc(NS(=O)(=O)c4cnc[nH]4)c3)nc12. The molecule has 7 nitrogen and oxygen atoms in total. The van der Waals surface area contributed by atoms with Gasteiger partial charge in [-0.3, -0.25) is 4.72 Å². The Morgan fingerprint density at radius 3 is 2.84 bits per heavy atom. The Labute approximate surface area is 144 Å². The minimum atomic E-state index is -3.69. The number of fused-ring (bicyclic) bond motifs is 1. The van der Waals surface area contributed by atoms with Crippen LogP contribution in [-0.4, -0.2) is 27.8 Å². The lowest BCUT2D eigenvalue weighted by atomic mass is 10.1. The molecule has 2 N–H and O–H groups in total. The van der Waals surface area contributed by atoms with E-state index in [1.165, 1.54) is 12.5 Å². The molecule has 0 spiro atoms. The molecule has 0 aliphatic heterocycles. The molecule has 0 aliphatic rings. The smallest absolute Gasteiger partial charge is 0.278 e. The van der Waals surface area contributed by atoms with Crippen LogP contribution in [0.15, 0.2) is 66.3 Å². The number of nitrogens with zero attached hydrogens (tertiary/aromatic N) is 3. The van der Waals surface area contributed by atoms with Gasteiger partial charge in [-0.05, 0) is 30.7 Å². The molecule has 126 valence electrons. The summed E-state index contributed by atoms with van der Waals surface area (Å²) in [6, 6.07) is 11.1. The molecule has 0 amide bonds. The number of H-pyrrole nitrogens is 1. The number of pyridine rings is 1. The van der Waals surface area contributed by atoms with Gasteiger partial charge in [0.05, 0.1) is 18.2 Å². The van der Waals surface area contributed by atoms with E-state index >= 15 is 0 Å². The van der Waals surface area contributed by atoms with Crippen molar-refractivity contribution >= 4 is 21.4 Å². The Morgan fingerprint density at radius 2 is 2.08 bits per heavy atom. The highest BCUT2D eigenvalue weighted by atomic mass is 32.2. The Bertz CT molecular complexity index is 1150. The van der Waals surface area contributed by atoms with Gasteiger partial charge in [-0.1, -0.05) is 18.2 Å². The first-order valence-electron chi connectivity index (χ1n) is 7.59. The quantitative estimate of drug-likeness (QED) is 0.590. The highest BCUT2D eigenvalue weighted by Crippen LogP contribution is 2.24. The summed E-state index contributed by atoms with van der Waals surface area (Å²) in [4.78, 5) is 11.0. The lowest BCUT2D eigenvalue weighted by Gasteiger charge is -2.07. The predicted molar refractivity (Wildman–Crippen MR) is 94.8 cm³/mol. The summed E-state index contributed by atoms with van der Waals surface area (Å²) < 4.78 is 29.1. The molecule has 0 saturated heterocycles. The molecule has 0 aliphatic carbocycles. The number of benzene rings is 1. The van der Waals surface area contributed by atoms with Gasteiger partial charge in [0.1, 0.15) is 5.65 Å². The molecule has 0 bridgehead atoms. The van der Waals surface area contributed by atoms with Gasteiger partial charge >= 0.3 is 0 Å². The Kier molecular flexibility index (Phi) is 3.54. The number of aromatic nitrogens is 4. The van der Waals surface area contributed by atoms with Crippen LogP contribution in [0.1, 0.15) is 5.56 Å². The number of rotatable bonds is 4. The summed E-state index contributed by atoms with van der Waals surface area (Å²) >= 11 is 0. The number of aromatic amines is 1. The van der Waals surface area contributed by atoms with Crippen LogP contribution in [0.25, 0.3) is 16.9 Å². The van der Waals surface area contributed by atoms with Gasteiger partial charge in [-0.25, -0.2) is 9.97 Å². The average Bonchev–Trinajstić information content (AvgIpc) is 3.25. The van der Waals surface area contributed by atoms with Crippen LogP contribution in [0.2, 0.25) is 0 Å². The average molecular weight is 353 g/mol. The second-order valence-electron chi connectivity index (χ2n) is 5.65. The highest BCUT2D eigenvalue weighted by molar-refractivity contribution is 7.92. The Hall–Kier alpha value is -3.13. The first-order chi connectivity index (χ1) is 12.0. The summed E-state index contributed by atoms with van der Waals surface area (Å²) in [6.45, 7) is 2.00. The van der Waals surface area contributed by atoms with Gasteiger partial charge in [0.2, 0.25) is 0 Å².